The number of carboxylic acid groups (broad SMARTS) is 1. The van der Waals surface area contributed by atoms with E-state index in [0.717, 1.165) is 0 Å². The maximum absolute atomic E-state index is 12.1. The van der Waals surface area contributed by atoms with Crippen molar-refractivity contribution in [1.29, 1.82) is 0 Å². The van der Waals surface area contributed by atoms with Gasteiger partial charge >= 0.3 is 5.97 Å². The Bertz CT molecular complexity index is 640. The molecule has 2 aromatic carbocycles. The van der Waals surface area contributed by atoms with Gasteiger partial charge in [-0.2, -0.15) is 0 Å². The van der Waals surface area contributed by atoms with Crippen LogP contribution in [-0.2, 0) is 0 Å². The molecule has 0 spiro atoms. The summed E-state index contributed by atoms with van der Waals surface area (Å²) in [5, 5.41) is 11.6. The van der Waals surface area contributed by atoms with Gasteiger partial charge in [-0.05, 0) is 40.2 Å². The van der Waals surface area contributed by atoms with Gasteiger partial charge in [-0.3, -0.25) is 4.79 Å². The van der Waals surface area contributed by atoms with Gasteiger partial charge in [-0.25, -0.2) is 4.79 Å². The largest absolute Gasteiger partial charge is 0.478 e. The molecule has 5 heteroatoms. The van der Waals surface area contributed by atoms with Crippen molar-refractivity contribution in [3.05, 3.63) is 64.1 Å². The molecule has 19 heavy (non-hydrogen) atoms. The number of hydrogen-bond donors (Lipinski definition) is 2. The van der Waals surface area contributed by atoms with Gasteiger partial charge in [0.2, 0.25) is 0 Å². The maximum atomic E-state index is 12.1. The summed E-state index contributed by atoms with van der Waals surface area (Å²) in [7, 11) is 0. The number of carboxylic acids is 1. The van der Waals surface area contributed by atoms with Gasteiger partial charge in [0.25, 0.3) is 5.91 Å². The third kappa shape index (κ3) is 3.00. The van der Waals surface area contributed by atoms with E-state index >= 15 is 0 Å². The summed E-state index contributed by atoms with van der Waals surface area (Å²) in [4.78, 5) is 23.1. The van der Waals surface area contributed by atoms with Crippen molar-refractivity contribution in [2.75, 3.05) is 5.32 Å². The lowest BCUT2D eigenvalue weighted by Crippen LogP contribution is -2.15. The van der Waals surface area contributed by atoms with Crippen LogP contribution in [0.2, 0.25) is 0 Å². The Hall–Kier alpha value is -2.14. The van der Waals surface area contributed by atoms with E-state index in [9.17, 15) is 9.59 Å². The zero-order valence-electron chi connectivity index (χ0n) is 9.76. The Morgan fingerprint density at radius 3 is 2.16 bits per heavy atom. The SMILES string of the molecule is O=C(Nc1ccccc1C(=O)O)c1ccccc1Br. The van der Waals surface area contributed by atoms with Crippen LogP contribution in [0.25, 0.3) is 0 Å². The molecule has 0 aliphatic carbocycles. The molecule has 2 aromatic rings. The van der Waals surface area contributed by atoms with Crippen LogP contribution in [0.1, 0.15) is 20.7 Å². The molecule has 0 atom stereocenters. The lowest BCUT2D eigenvalue weighted by molar-refractivity contribution is 0.0698. The number of para-hydroxylation sites is 1. The van der Waals surface area contributed by atoms with Gasteiger partial charge < -0.3 is 10.4 Å². The first-order valence-electron chi connectivity index (χ1n) is 5.48. The molecule has 1 amide bonds. The average molecular weight is 320 g/mol. The number of anilines is 1. The Morgan fingerprint density at radius 2 is 1.53 bits per heavy atom. The van der Waals surface area contributed by atoms with E-state index in [4.69, 9.17) is 5.11 Å². The second-order valence-electron chi connectivity index (χ2n) is 3.78. The highest BCUT2D eigenvalue weighted by atomic mass is 79.9. The summed E-state index contributed by atoms with van der Waals surface area (Å²) >= 11 is 3.28. The van der Waals surface area contributed by atoms with Crippen LogP contribution in [-0.4, -0.2) is 17.0 Å². The van der Waals surface area contributed by atoms with Gasteiger partial charge in [-0.15, -0.1) is 0 Å². The highest BCUT2D eigenvalue weighted by Gasteiger charge is 2.14. The molecule has 0 aliphatic rings. The van der Waals surface area contributed by atoms with Crippen molar-refractivity contribution < 1.29 is 14.7 Å². The normalized spacial score (nSPS) is 9.95. The molecule has 0 saturated heterocycles. The van der Waals surface area contributed by atoms with Crippen LogP contribution in [0, 0.1) is 0 Å². The molecule has 0 bridgehead atoms. The fraction of sp³-hybridized carbons (Fsp3) is 0. The fourth-order valence-corrected chi connectivity index (χ4v) is 2.08. The molecule has 96 valence electrons. The van der Waals surface area contributed by atoms with Crippen LogP contribution in [0.4, 0.5) is 5.69 Å². The van der Waals surface area contributed by atoms with E-state index < -0.39 is 5.97 Å². The van der Waals surface area contributed by atoms with E-state index in [2.05, 4.69) is 21.2 Å². The van der Waals surface area contributed by atoms with Crippen LogP contribution >= 0.6 is 15.9 Å². The predicted molar refractivity (Wildman–Crippen MR) is 75.5 cm³/mol. The second kappa shape index (κ2) is 5.67. The summed E-state index contributed by atoms with van der Waals surface area (Å²) in [5.41, 5.74) is 0.779. The minimum atomic E-state index is -1.08. The first-order chi connectivity index (χ1) is 9.09. The summed E-state index contributed by atoms with van der Waals surface area (Å²) in [6.07, 6.45) is 0. The zero-order chi connectivity index (χ0) is 13.8. The van der Waals surface area contributed by atoms with Crippen LogP contribution in [0.15, 0.2) is 53.0 Å². The number of nitrogens with one attached hydrogen (secondary N) is 1. The van der Waals surface area contributed by atoms with E-state index in [1.807, 2.05) is 0 Å². The molecule has 2 N–H and O–H groups in total. The Labute approximate surface area is 118 Å². The number of rotatable bonds is 3. The molecule has 0 fully saturated rings. The molecule has 0 heterocycles. The Kier molecular flexibility index (Phi) is 3.97. The number of hydrogen-bond acceptors (Lipinski definition) is 2. The van der Waals surface area contributed by atoms with Crippen LogP contribution < -0.4 is 5.32 Å². The van der Waals surface area contributed by atoms with Crippen molar-refractivity contribution in [1.82, 2.24) is 0 Å². The standard InChI is InChI=1S/C14H10BrNO3/c15-11-7-3-1-5-9(11)13(17)16-12-8-4-2-6-10(12)14(18)19/h1-8H,(H,16,17)(H,18,19). The first kappa shape index (κ1) is 13.3. The smallest absolute Gasteiger partial charge is 0.337 e. The highest BCUT2D eigenvalue weighted by molar-refractivity contribution is 9.10. The topological polar surface area (TPSA) is 66.4 Å². The number of halogens is 1. The minimum Gasteiger partial charge on any atom is -0.478 e. The molecular formula is C14H10BrNO3. The number of carbonyl (C=O) groups is 2. The van der Waals surface area contributed by atoms with Gasteiger partial charge in [0.1, 0.15) is 0 Å². The van der Waals surface area contributed by atoms with Crippen molar-refractivity contribution in [2.24, 2.45) is 0 Å². The molecule has 0 radical (unpaired) electrons. The Balaban J connectivity index is 2.30. The quantitative estimate of drug-likeness (QED) is 0.911. The molecule has 0 saturated carbocycles. The number of amides is 1. The second-order valence-corrected chi connectivity index (χ2v) is 4.64. The third-order valence-corrected chi connectivity index (χ3v) is 3.22. The monoisotopic (exact) mass is 319 g/mol. The lowest BCUT2D eigenvalue weighted by Gasteiger charge is -2.09. The fourth-order valence-electron chi connectivity index (χ4n) is 1.61. The summed E-state index contributed by atoms with van der Waals surface area (Å²) in [5.74, 6) is -1.44. The van der Waals surface area contributed by atoms with Crippen molar-refractivity contribution >= 4 is 33.5 Å². The van der Waals surface area contributed by atoms with Gasteiger partial charge in [0, 0.05) is 4.47 Å². The molecule has 0 unspecified atom stereocenters. The van der Waals surface area contributed by atoms with Gasteiger partial charge in [0.05, 0.1) is 16.8 Å². The van der Waals surface area contributed by atoms with E-state index in [1.165, 1.54) is 6.07 Å². The van der Waals surface area contributed by atoms with E-state index in [1.54, 1.807) is 42.5 Å². The molecule has 0 aromatic heterocycles. The van der Waals surface area contributed by atoms with Gasteiger partial charge in [0.15, 0.2) is 0 Å². The van der Waals surface area contributed by atoms with Crippen LogP contribution in [0.5, 0.6) is 0 Å². The molecule has 0 aliphatic heterocycles. The highest BCUT2D eigenvalue weighted by Crippen LogP contribution is 2.20. The number of aromatic carboxylic acids is 1. The average Bonchev–Trinajstić information content (AvgIpc) is 2.39. The van der Waals surface area contributed by atoms with Gasteiger partial charge in [-0.1, -0.05) is 24.3 Å². The third-order valence-electron chi connectivity index (χ3n) is 2.52. The minimum absolute atomic E-state index is 0.0582. The number of benzene rings is 2. The summed E-state index contributed by atoms with van der Waals surface area (Å²) < 4.78 is 0.653. The molecule has 2 rings (SSSR count). The van der Waals surface area contributed by atoms with E-state index in [-0.39, 0.29) is 17.2 Å². The van der Waals surface area contributed by atoms with Crippen molar-refractivity contribution in [2.45, 2.75) is 0 Å². The van der Waals surface area contributed by atoms with E-state index in [0.29, 0.717) is 10.0 Å². The van der Waals surface area contributed by atoms with Crippen molar-refractivity contribution in [3.63, 3.8) is 0 Å². The zero-order valence-corrected chi connectivity index (χ0v) is 11.3. The van der Waals surface area contributed by atoms with Crippen LogP contribution in [0.3, 0.4) is 0 Å². The summed E-state index contributed by atoms with van der Waals surface area (Å²) in [6, 6.07) is 13.2. The number of carbonyl (C=O) groups excluding carboxylic acids is 1. The first-order valence-corrected chi connectivity index (χ1v) is 6.27. The maximum Gasteiger partial charge on any atom is 0.337 e. The van der Waals surface area contributed by atoms with Crippen molar-refractivity contribution in [3.8, 4) is 0 Å². The predicted octanol–water partition coefficient (Wildman–Crippen LogP) is 3.40. The lowest BCUT2D eigenvalue weighted by atomic mass is 10.1. The molecule has 4 nitrogen and oxygen atoms in total. The Morgan fingerprint density at radius 1 is 0.947 bits per heavy atom. The molecular weight excluding hydrogens is 310 g/mol. The summed E-state index contributed by atoms with van der Waals surface area (Å²) in [6.45, 7) is 0.